The molecule has 3 amide bonds. The van der Waals surface area contributed by atoms with Crippen LogP contribution in [-0.4, -0.2) is 41.5 Å². The van der Waals surface area contributed by atoms with E-state index < -0.39 is 35.4 Å². The Morgan fingerprint density at radius 2 is 1.44 bits per heavy atom. The molecule has 0 radical (unpaired) electrons. The second-order valence-corrected chi connectivity index (χ2v) is 11.0. The number of hydrogen-bond acceptors (Lipinski definition) is 5. The first-order valence-electron chi connectivity index (χ1n) is 13.7. The lowest BCUT2D eigenvalue weighted by atomic mass is 9.99. The Labute approximate surface area is 247 Å². The summed E-state index contributed by atoms with van der Waals surface area (Å²) in [5, 5.41) is 8.10. The maximum atomic E-state index is 13.2. The van der Waals surface area contributed by atoms with Crippen molar-refractivity contribution < 1.29 is 32.3 Å². The van der Waals surface area contributed by atoms with Crippen LogP contribution >= 0.6 is 0 Å². The van der Waals surface area contributed by atoms with E-state index >= 15 is 0 Å². The maximum absolute atomic E-state index is 13.2. The molecule has 1 unspecified atom stereocenters. The van der Waals surface area contributed by atoms with E-state index in [2.05, 4.69) is 16.0 Å². The molecule has 0 spiro atoms. The van der Waals surface area contributed by atoms with Crippen LogP contribution in [0.4, 0.5) is 35.0 Å². The molecule has 3 N–H and O–H groups in total. The minimum atomic E-state index is -4.46. The lowest BCUT2D eigenvalue weighted by Crippen LogP contribution is -2.45. The smallest absolute Gasteiger partial charge is 0.416 e. The Kier molecular flexibility index (Phi) is 9.55. The highest BCUT2D eigenvalue weighted by atomic mass is 19.4. The van der Waals surface area contributed by atoms with Gasteiger partial charge in [0.05, 0.1) is 16.9 Å². The van der Waals surface area contributed by atoms with Gasteiger partial charge in [-0.15, -0.1) is 0 Å². The molecule has 1 atom stereocenters. The van der Waals surface area contributed by atoms with E-state index in [0.29, 0.717) is 22.5 Å². The van der Waals surface area contributed by atoms with Crippen molar-refractivity contribution in [1.29, 1.82) is 0 Å². The second kappa shape index (κ2) is 13.1. The summed E-state index contributed by atoms with van der Waals surface area (Å²) < 4.78 is 43.9. The summed E-state index contributed by atoms with van der Waals surface area (Å²) in [5.41, 5.74) is 1.02. The van der Waals surface area contributed by atoms with Crippen molar-refractivity contribution >= 4 is 41.0 Å². The average Bonchev–Trinajstić information content (AvgIpc) is 2.89. The summed E-state index contributed by atoms with van der Waals surface area (Å²) in [6.45, 7) is 6.69. The highest BCUT2D eigenvalue weighted by Gasteiger charge is 2.32. The fraction of sp³-hybridized carbons (Fsp3) is 0.281. The monoisotopic (exact) mass is 594 g/mol. The number of ether oxygens (including phenoxy) is 1. The quantitative estimate of drug-likeness (QED) is 0.242. The first-order chi connectivity index (χ1) is 20.3. The molecule has 226 valence electrons. The highest BCUT2D eigenvalue weighted by Crippen LogP contribution is 2.31. The van der Waals surface area contributed by atoms with Crippen LogP contribution in [0.25, 0.3) is 6.08 Å². The normalized spacial score (nSPS) is 14.5. The Morgan fingerprint density at radius 1 is 0.837 bits per heavy atom. The van der Waals surface area contributed by atoms with Gasteiger partial charge in [0, 0.05) is 24.9 Å². The number of carbonyl (C=O) groups is 3. The lowest BCUT2D eigenvalue weighted by Gasteiger charge is -2.37. The van der Waals surface area contributed by atoms with Gasteiger partial charge in [-0.2, -0.15) is 13.2 Å². The van der Waals surface area contributed by atoms with Gasteiger partial charge in [0.2, 0.25) is 11.8 Å². The van der Waals surface area contributed by atoms with E-state index in [1.54, 1.807) is 75.4 Å². The van der Waals surface area contributed by atoms with Gasteiger partial charge >= 0.3 is 12.3 Å². The van der Waals surface area contributed by atoms with Crippen LogP contribution in [0, 0.1) is 0 Å². The molecule has 0 aliphatic carbocycles. The van der Waals surface area contributed by atoms with Gasteiger partial charge in [-0.05, 0) is 80.8 Å². The number of likely N-dealkylation sites (tertiary alicyclic amines) is 1. The molecule has 4 rings (SSSR count). The van der Waals surface area contributed by atoms with Crippen molar-refractivity contribution in [2.45, 2.75) is 45.0 Å². The third-order valence-corrected chi connectivity index (χ3v) is 6.48. The third-order valence-electron chi connectivity index (χ3n) is 6.48. The zero-order valence-electron chi connectivity index (χ0n) is 24.0. The van der Waals surface area contributed by atoms with Crippen LogP contribution in [0.1, 0.15) is 49.9 Å². The first-order valence-corrected chi connectivity index (χ1v) is 13.7. The number of amides is 3. The molecule has 3 aromatic rings. The van der Waals surface area contributed by atoms with Gasteiger partial charge in [-0.1, -0.05) is 36.4 Å². The molecule has 1 fully saturated rings. The number of benzene rings is 3. The van der Waals surface area contributed by atoms with Gasteiger partial charge in [-0.3, -0.25) is 19.8 Å². The van der Waals surface area contributed by atoms with E-state index in [1.165, 1.54) is 18.2 Å². The van der Waals surface area contributed by atoms with Gasteiger partial charge in [-0.25, -0.2) is 4.79 Å². The van der Waals surface area contributed by atoms with Gasteiger partial charge in [0.25, 0.3) is 0 Å². The Balaban J connectivity index is 1.40. The largest absolute Gasteiger partial charge is 0.444 e. The molecule has 1 saturated heterocycles. The fourth-order valence-corrected chi connectivity index (χ4v) is 4.33. The molecule has 8 nitrogen and oxygen atoms in total. The molecule has 3 aromatic carbocycles. The van der Waals surface area contributed by atoms with Crippen LogP contribution in [0.3, 0.4) is 0 Å². The number of nitrogens with one attached hydrogen (secondary N) is 3. The van der Waals surface area contributed by atoms with Gasteiger partial charge in [0.1, 0.15) is 11.6 Å². The zero-order chi connectivity index (χ0) is 31.2. The van der Waals surface area contributed by atoms with Gasteiger partial charge in [0.15, 0.2) is 0 Å². The Bertz CT molecular complexity index is 1480. The molecule has 0 bridgehead atoms. The molecule has 43 heavy (non-hydrogen) atoms. The highest BCUT2D eigenvalue weighted by molar-refractivity contribution is 6.05. The predicted molar refractivity (Wildman–Crippen MR) is 159 cm³/mol. The number of anilines is 3. The number of para-hydroxylation sites is 2. The maximum Gasteiger partial charge on any atom is 0.416 e. The van der Waals surface area contributed by atoms with E-state index in [-0.39, 0.29) is 11.6 Å². The van der Waals surface area contributed by atoms with Crippen LogP contribution in [-0.2, 0) is 20.5 Å². The summed E-state index contributed by atoms with van der Waals surface area (Å²) in [5.74, 6) is -0.766. The van der Waals surface area contributed by atoms with E-state index in [1.807, 2.05) is 4.90 Å². The zero-order valence-corrected chi connectivity index (χ0v) is 24.0. The summed E-state index contributed by atoms with van der Waals surface area (Å²) in [7, 11) is 0. The van der Waals surface area contributed by atoms with Crippen molar-refractivity contribution in [3.63, 3.8) is 0 Å². The summed E-state index contributed by atoms with van der Waals surface area (Å²) in [6, 6.07) is 17.6. The standard InChI is InChI=1S/C32H33F3N4O4/c1-31(2,3)43-30(42)38-26-8-5-4-7-25(26)37-27(40)18-11-21-9-12-22(13-10-21)28(39-19-6-20-39)29(41)36-24-16-14-23(15-17-24)32(33,34)35/h4-5,7-18,28H,6,19-20H2,1-3H3,(H,36,41)(H,37,40)(H,38,42)/b18-11+. The fourth-order valence-electron chi connectivity index (χ4n) is 4.33. The molecule has 0 aromatic heterocycles. The topological polar surface area (TPSA) is 99.8 Å². The number of rotatable bonds is 8. The molecule has 1 heterocycles. The SMILES string of the molecule is CC(C)(C)OC(=O)Nc1ccccc1NC(=O)/C=C/c1ccc(C(C(=O)Nc2ccc(C(F)(F)F)cc2)N2CCC2)cc1. The molecule has 1 aliphatic heterocycles. The average molecular weight is 595 g/mol. The summed E-state index contributed by atoms with van der Waals surface area (Å²) in [6.07, 6.45) is -1.19. The van der Waals surface area contributed by atoms with Gasteiger partial charge < -0.3 is 15.4 Å². The minimum Gasteiger partial charge on any atom is -0.444 e. The molecule has 0 saturated carbocycles. The van der Waals surface area contributed by atoms with Crippen molar-refractivity contribution in [2.24, 2.45) is 0 Å². The molecular formula is C32H33F3N4O4. The van der Waals surface area contributed by atoms with E-state index in [9.17, 15) is 27.6 Å². The Morgan fingerprint density at radius 3 is 1.98 bits per heavy atom. The van der Waals surface area contributed by atoms with Crippen LogP contribution in [0.15, 0.2) is 78.9 Å². The number of hydrogen-bond donors (Lipinski definition) is 3. The predicted octanol–water partition coefficient (Wildman–Crippen LogP) is 7.09. The molecule has 11 heteroatoms. The van der Waals surface area contributed by atoms with E-state index in [4.69, 9.17) is 4.74 Å². The number of nitrogens with zero attached hydrogens (tertiary/aromatic N) is 1. The second-order valence-electron chi connectivity index (χ2n) is 11.0. The van der Waals surface area contributed by atoms with Crippen LogP contribution in [0.2, 0.25) is 0 Å². The van der Waals surface area contributed by atoms with Crippen molar-refractivity contribution in [3.8, 4) is 0 Å². The minimum absolute atomic E-state index is 0.275. The van der Waals surface area contributed by atoms with Crippen LogP contribution in [0.5, 0.6) is 0 Å². The van der Waals surface area contributed by atoms with Crippen molar-refractivity contribution in [1.82, 2.24) is 4.90 Å². The summed E-state index contributed by atoms with van der Waals surface area (Å²) >= 11 is 0. The van der Waals surface area contributed by atoms with Crippen molar-refractivity contribution in [2.75, 3.05) is 29.0 Å². The van der Waals surface area contributed by atoms with Crippen molar-refractivity contribution in [3.05, 3.63) is 95.6 Å². The number of carbonyl (C=O) groups excluding carboxylic acids is 3. The molecule has 1 aliphatic rings. The first kappa shape index (κ1) is 31.3. The summed E-state index contributed by atoms with van der Waals surface area (Å²) in [4.78, 5) is 40.0. The molecular weight excluding hydrogens is 561 g/mol. The number of alkyl halides is 3. The lowest BCUT2D eigenvalue weighted by molar-refractivity contribution is -0.137. The Hall–Kier alpha value is -4.64. The number of halogens is 3. The van der Waals surface area contributed by atoms with E-state index in [0.717, 1.165) is 31.6 Å². The third kappa shape index (κ3) is 8.92. The van der Waals surface area contributed by atoms with Crippen LogP contribution < -0.4 is 16.0 Å².